The second-order valence-electron chi connectivity index (χ2n) is 17.5. The molecular formula is C41H54N6O11S. The maximum atomic E-state index is 14.8. The fraction of sp³-hybridized carbons (Fsp3) is 0.610. The first-order valence-corrected chi connectivity index (χ1v) is 21.9. The number of nitrogens with zero attached hydrogens (tertiary/aromatic N) is 2. The van der Waals surface area contributed by atoms with Crippen molar-refractivity contribution in [1.29, 1.82) is 0 Å². The zero-order chi connectivity index (χ0) is 42.3. The van der Waals surface area contributed by atoms with Crippen LogP contribution in [0.2, 0.25) is 0 Å². The van der Waals surface area contributed by atoms with Crippen LogP contribution in [0, 0.1) is 11.3 Å². The molecule has 7 rings (SSSR count). The number of carbonyl (C=O) groups excluding carboxylic acids is 6. The second-order valence-corrected chi connectivity index (χ2v) is 19.5. The standard InChI is InChI=1S/C41H54N6O11S/c1-5-26-19-41(26,37(51)45-59(54,55)29-15-16-29)44-35(49)32-18-28-21-47(32)36(50)33(40(2,3)4)43-34(48)31(42-38(52)57-27-13-6-7-14-27)23-56-17-9-12-24-10-8-11-25-20-46(22-30(24)25)39(53)58-28/h5,8-12,26-29,31-33H,1,6-7,13-23H2,2-4H3,(H,42,52)(H,43,48)(H,44,49)(H,45,51)/b12-9-/t26-,28-,31+,32+,33-,41-/m1/s1. The molecule has 3 heterocycles. The molecule has 1 aromatic carbocycles. The van der Waals surface area contributed by atoms with Gasteiger partial charge in [-0.2, -0.15) is 0 Å². The Morgan fingerprint density at radius 3 is 2.49 bits per heavy atom. The fourth-order valence-electron chi connectivity index (χ4n) is 8.35. The maximum Gasteiger partial charge on any atom is 0.410 e. The lowest BCUT2D eigenvalue weighted by Gasteiger charge is -2.36. The van der Waals surface area contributed by atoms with Gasteiger partial charge in [-0.05, 0) is 67.1 Å². The van der Waals surface area contributed by atoms with Crippen molar-refractivity contribution < 1.29 is 51.4 Å². The van der Waals surface area contributed by atoms with Crippen molar-refractivity contribution in [3.05, 3.63) is 53.6 Å². The van der Waals surface area contributed by atoms with E-state index in [4.69, 9.17) is 14.2 Å². The number of amides is 6. The van der Waals surface area contributed by atoms with Crippen molar-refractivity contribution in [1.82, 2.24) is 30.5 Å². The van der Waals surface area contributed by atoms with Gasteiger partial charge < -0.3 is 35.1 Å². The molecule has 4 N–H and O–H groups in total. The van der Waals surface area contributed by atoms with Gasteiger partial charge in [0.25, 0.3) is 5.91 Å². The van der Waals surface area contributed by atoms with E-state index in [1.807, 2.05) is 24.3 Å². The minimum Gasteiger partial charge on any atom is -0.446 e. The highest BCUT2D eigenvalue weighted by atomic mass is 32.2. The highest BCUT2D eigenvalue weighted by Crippen LogP contribution is 2.45. The molecule has 320 valence electrons. The molecule has 6 atom stereocenters. The van der Waals surface area contributed by atoms with Gasteiger partial charge in [0.15, 0.2) is 0 Å². The van der Waals surface area contributed by atoms with E-state index in [0.717, 1.165) is 29.5 Å². The lowest BCUT2D eigenvalue weighted by atomic mass is 9.85. The first-order valence-electron chi connectivity index (χ1n) is 20.4. The molecule has 0 aromatic heterocycles. The highest BCUT2D eigenvalue weighted by molar-refractivity contribution is 7.91. The van der Waals surface area contributed by atoms with Crippen LogP contribution >= 0.6 is 0 Å². The van der Waals surface area contributed by atoms with Gasteiger partial charge in [-0.3, -0.25) is 28.8 Å². The number of alkyl carbamates (subject to hydrolysis) is 1. The van der Waals surface area contributed by atoms with E-state index in [0.29, 0.717) is 25.7 Å². The predicted octanol–water partition coefficient (Wildman–Crippen LogP) is 2.39. The van der Waals surface area contributed by atoms with Gasteiger partial charge in [-0.25, -0.2) is 18.0 Å². The highest BCUT2D eigenvalue weighted by Gasteiger charge is 2.62. The average Bonchev–Trinajstić information content (AvgIpc) is 3.97. The van der Waals surface area contributed by atoms with Crippen molar-refractivity contribution in [2.45, 2.75) is 126 Å². The summed E-state index contributed by atoms with van der Waals surface area (Å²) in [5, 5.41) is 7.47. The second kappa shape index (κ2) is 16.6. The molecule has 0 unspecified atom stereocenters. The van der Waals surface area contributed by atoms with E-state index in [1.165, 1.54) is 15.9 Å². The van der Waals surface area contributed by atoms with Crippen LogP contribution in [0.15, 0.2) is 36.9 Å². The summed E-state index contributed by atoms with van der Waals surface area (Å²) in [5.74, 6) is -3.66. The molecule has 6 aliphatic rings. The van der Waals surface area contributed by atoms with Crippen molar-refractivity contribution in [3.8, 4) is 0 Å². The van der Waals surface area contributed by atoms with Gasteiger partial charge in [0.1, 0.15) is 35.9 Å². The first kappa shape index (κ1) is 42.2. The van der Waals surface area contributed by atoms with Gasteiger partial charge in [0.2, 0.25) is 27.7 Å². The molecule has 18 heteroatoms. The van der Waals surface area contributed by atoms with Crippen LogP contribution in [0.3, 0.4) is 0 Å². The van der Waals surface area contributed by atoms with Crippen molar-refractivity contribution in [2.24, 2.45) is 11.3 Å². The monoisotopic (exact) mass is 838 g/mol. The fourth-order valence-corrected chi connectivity index (χ4v) is 9.71. The van der Waals surface area contributed by atoms with Crippen LogP contribution in [0.1, 0.15) is 88.8 Å². The van der Waals surface area contributed by atoms with E-state index >= 15 is 0 Å². The van der Waals surface area contributed by atoms with Crippen LogP contribution in [0.4, 0.5) is 9.59 Å². The summed E-state index contributed by atoms with van der Waals surface area (Å²) in [4.78, 5) is 86.3. The third-order valence-corrected chi connectivity index (χ3v) is 13.8. The summed E-state index contributed by atoms with van der Waals surface area (Å²) in [6.07, 6.45) is 6.48. The molecular weight excluding hydrogens is 785 g/mol. The third kappa shape index (κ3) is 9.27. The topological polar surface area (TPSA) is 219 Å². The molecule has 0 radical (unpaired) electrons. The number of hydrogen-bond acceptors (Lipinski definition) is 11. The Hall–Kier alpha value is -4.97. The molecule has 1 saturated heterocycles. The number of sulfonamides is 1. The molecule has 3 aliphatic carbocycles. The number of fused-ring (bicyclic) bond motifs is 3. The van der Waals surface area contributed by atoms with Crippen molar-refractivity contribution in [3.63, 3.8) is 0 Å². The van der Waals surface area contributed by atoms with Crippen LogP contribution in [-0.4, -0.2) is 115 Å². The smallest absolute Gasteiger partial charge is 0.410 e. The van der Waals surface area contributed by atoms with E-state index in [1.54, 1.807) is 26.8 Å². The van der Waals surface area contributed by atoms with Gasteiger partial charge in [-0.15, -0.1) is 6.58 Å². The summed E-state index contributed by atoms with van der Waals surface area (Å²) in [5.41, 5.74) is 0.0970. The third-order valence-electron chi connectivity index (χ3n) is 12.0. The SMILES string of the molecule is C=C[C@@H]1C[C@]1(NC(=O)[C@@H]1C[C@@H]2CN1C(=O)[C@H](C(C)(C)C)NC(=O)[C@@H](NC(=O)OC1CCCC1)COC/C=C\c1cccc3c1CN(C3)C(=O)O2)C(=O)NS(=O)(=O)C1CC1. The normalized spacial score (nSPS) is 29.6. The summed E-state index contributed by atoms with van der Waals surface area (Å²) in [6.45, 7) is 9.05. The van der Waals surface area contributed by atoms with Gasteiger partial charge in [0.05, 0.1) is 31.6 Å². The molecule has 4 fully saturated rings. The van der Waals surface area contributed by atoms with Crippen molar-refractivity contribution in [2.75, 3.05) is 19.8 Å². The molecule has 3 aliphatic heterocycles. The molecule has 6 amide bonds. The molecule has 4 bridgehead atoms. The predicted molar refractivity (Wildman–Crippen MR) is 212 cm³/mol. The Balaban J connectivity index is 1.18. The molecule has 59 heavy (non-hydrogen) atoms. The van der Waals surface area contributed by atoms with Gasteiger partial charge in [0, 0.05) is 18.9 Å². The zero-order valence-electron chi connectivity index (χ0n) is 33.7. The lowest BCUT2D eigenvalue weighted by Crippen LogP contribution is -2.62. The van der Waals surface area contributed by atoms with Gasteiger partial charge >= 0.3 is 12.2 Å². The minimum absolute atomic E-state index is 0.0746. The lowest BCUT2D eigenvalue weighted by molar-refractivity contribution is -0.145. The number of carbonyl (C=O) groups is 6. The average molecular weight is 839 g/mol. The molecule has 3 saturated carbocycles. The Kier molecular flexibility index (Phi) is 11.9. The largest absolute Gasteiger partial charge is 0.446 e. The van der Waals surface area contributed by atoms with Crippen LogP contribution in [0.25, 0.3) is 6.08 Å². The number of ether oxygens (including phenoxy) is 3. The molecule has 17 nitrogen and oxygen atoms in total. The van der Waals surface area contributed by atoms with E-state index in [-0.39, 0.29) is 51.8 Å². The summed E-state index contributed by atoms with van der Waals surface area (Å²) < 4.78 is 45.1. The Labute approximate surface area is 344 Å². The number of rotatable bonds is 8. The van der Waals surface area contributed by atoms with Gasteiger partial charge in [-0.1, -0.05) is 57.2 Å². The number of benzene rings is 1. The quantitative estimate of drug-likeness (QED) is 0.279. The maximum absolute atomic E-state index is 14.8. The Morgan fingerprint density at radius 1 is 1.07 bits per heavy atom. The summed E-state index contributed by atoms with van der Waals surface area (Å²) >= 11 is 0. The Bertz CT molecular complexity index is 2020. The Morgan fingerprint density at radius 2 is 1.81 bits per heavy atom. The first-order chi connectivity index (χ1) is 28.0. The molecule has 0 spiro atoms. The van der Waals surface area contributed by atoms with Crippen LogP contribution < -0.4 is 20.7 Å². The summed E-state index contributed by atoms with van der Waals surface area (Å²) in [7, 11) is -3.95. The van der Waals surface area contributed by atoms with E-state index in [9.17, 15) is 37.2 Å². The van der Waals surface area contributed by atoms with Crippen LogP contribution in [0.5, 0.6) is 0 Å². The van der Waals surface area contributed by atoms with E-state index in [2.05, 4.69) is 27.3 Å². The molecule has 1 aromatic rings. The van der Waals surface area contributed by atoms with E-state index < -0.39 is 92.2 Å². The number of nitrogens with one attached hydrogen (secondary N) is 4. The summed E-state index contributed by atoms with van der Waals surface area (Å²) in [6, 6.07) is 1.86. The zero-order valence-corrected chi connectivity index (χ0v) is 34.5. The number of hydrogen-bond donors (Lipinski definition) is 4. The van der Waals surface area contributed by atoms with Crippen molar-refractivity contribution >= 4 is 51.9 Å². The minimum atomic E-state index is -3.95. The van der Waals surface area contributed by atoms with Crippen LogP contribution in [-0.2, 0) is 56.5 Å².